The smallest absolute Gasteiger partial charge is 0.410 e. The zero-order valence-corrected chi connectivity index (χ0v) is 24.8. The molecule has 0 bridgehead atoms. The number of carbonyl (C=O) groups excluding carboxylic acids is 1. The van der Waals surface area contributed by atoms with Crippen LogP contribution >= 0.6 is 0 Å². The average molecular weight is 574 g/mol. The highest BCUT2D eigenvalue weighted by molar-refractivity contribution is 5.69. The fraction of sp³-hybridized carbons (Fsp3) is 0.400. The molecule has 1 heterocycles. The second-order valence-electron chi connectivity index (χ2n) is 11.6. The molecular weight excluding hydrogens is 530 g/mol. The van der Waals surface area contributed by atoms with Crippen LogP contribution in [0.4, 0.5) is 4.79 Å². The molecule has 1 N–H and O–H groups in total. The number of likely N-dealkylation sites (tertiary alicyclic amines) is 1. The van der Waals surface area contributed by atoms with Crippen LogP contribution in [0.2, 0.25) is 0 Å². The molecule has 224 valence electrons. The first kappa shape index (κ1) is 31.4. The van der Waals surface area contributed by atoms with Crippen molar-refractivity contribution in [3.63, 3.8) is 0 Å². The molecule has 4 rings (SSSR count). The second kappa shape index (κ2) is 15.1. The number of aliphatic hydroxyl groups is 1. The third-order valence-electron chi connectivity index (χ3n) is 7.08. The van der Waals surface area contributed by atoms with Crippen molar-refractivity contribution < 1.29 is 28.8 Å². The first-order chi connectivity index (χ1) is 20.2. The van der Waals surface area contributed by atoms with Gasteiger partial charge < -0.3 is 24.1 Å². The van der Waals surface area contributed by atoms with Crippen molar-refractivity contribution in [3.05, 3.63) is 120 Å². The number of rotatable bonds is 11. The zero-order valence-electron chi connectivity index (χ0n) is 24.8. The molecule has 1 aliphatic heterocycles. The van der Waals surface area contributed by atoms with Gasteiger partial charge in [-0.3, -0.25) is 4.90 Å². The maximum atomic E-state index is 13.6. The summed E-state index contributed by atoms with van der Waals surface area (Å²) in [5.74, 6) is 0. The van der Waals surface area contributed by atoms with Crippen LogP contribution in [0, 0.1) is 0 Å². The van der Waals surface area contributed by atoms with E-state index in [0.717, 1.165) is 16.7 Å². The Bertz CT molecular complexity index is 1230. The van der Waals surface area contributed by atoms with E-state index in [-0.39, 0.29) is 26.4 Å². The Hall–Kier alpha value is -3.49. The fourth-order valence-electron chi connectivity index (χ4n) is 5.11. The molecule has 0 spiro atoms. The molecule has 3 aromatic carbocycles. The SMILES string of the molecule is C=CC[C@H]1[C@H](OCc2ccccc2)[C@@H](OCc2ccccc2)[C@H](OCc2ccccc2)[C@H](O)CN1C(=O)OC(C)(C)C. The number of amides is 1. The minimum absolute atomic E-state index is 0.0106. The standard InChI is InChI=1S/C35H43NO6/c1-5-15-29-31(39-23-26-16-9-6-10-17-26)33(41-25-28-20-13-8-14-21-28)32(40-24-27-18-11-7-12-19-27)30(37)22-36(29)34(38)42-35(2,3)4/h5-14,16-21,29-33,37H,1,15,22-25H2,2-4H3/t29-,30+,31-,32+,33+/m0/s1. The summed E-state index contributed by atoms with van der Waals surface area (Å²) < 4.78 is 25.5. The van der Waals surface area contributed by atoms with Crippen molar-refractivity contribution in [2.45, 2.75) is 83.1 Å². The maximum Gasteiger partial charge on any atom is 0.410 e. The van der Waals surface area contributed by atoms with Gasteiger partial charge in [-0.1, -0.05) is 97.1 Å². The van der Waals surface area contributed by atoms with Crippen molar-refractivity contribution in [1.29, 1.82) is 0 Å². The van der Waals surface area contributed by atoms with E-state index in [1.165, 1.54) is 0 Å². The summed E-state index contributed by atoms with van der Waals surface area (Å²) >= 11 is 0. The lowest BCUT2D eigenvalue weighted by molar-refractivity contribution is -0.175. The van der Waals surface area contributed by atoms with Crippen LogP contribution in [-0.4, -0.2) is 58.7 Å². The quantitative estimate of drug-likeness (QED) is 0.271. The van der Waals surface area contributed by atoms with Crippen molar-refractivity contribution in [2.75, 3.05) is 6.54 Å². The van der Waals surface area contributed by atoms with Crippen LogP contribution in [0.3, 0.4) is 0 Å². The molecule has 7 nitrogen and oxygen atoms in total. The number of ether oxygens (including phenoxy) is 4. The van der Waals surface area contributed by atoms with Gasteiger partial charge in [-0.05, 0) is 43.9 Å². The van der Waals surface area contributed by atoms with E-state index >= 15 is 0 Å². The Morgan fingerprint density at radius 3 is 1.64 bits per heavy atom. The van der Waals surface area contributed by atoms with E-state index in [2.05, 4.69) is 6.58 Å². The Morgan fingerprint density at radius 1 is 0.786 bits per heavy atom. The fourth-order valence-corrected chi connectivity index (χ4v) is 5.11. The molecule has 1 amide bonds. The summed E-state index contributed by atoms with van der Waals surface area (Å²) in [6.45, 7) is 10.3. The van der Waals surface area contributed by atoms with Crippen LogP contribution in [-0.2, 0) is 38.8 Å². The topological polar surface area (TPSA) is 77.5 Å². The van der Waals surface area contributed by atoms with E-state index in [0.29, 0.717) is 6.42 Å². The first-order valence-electron chi connectivity index (χ1n) is 14.5. The molecule has 0 aliphatic carbocycles. The van der Waals surface area contributed by atoms with Gasteiger partial charge in [-0.2, -0.15) is 0 Å². The number of hydrogen-bond donors (Lipinski definition) is 1. The van der Waals surface area contributed by atoms with Crippen LogP contribution in [0.15, 0.2) is 104 Å². The molecule has 1 fully saturated rings. The maximum absolute atomic E-state index is 13.6. The largest absolute Gasteiger partial charge is 0.444 e. The van der Waals surface area contributed by atoms with E-state index in [1.807, 2.05) is 112 Å². The second-order valence-corrected chi connectivity index (χ2v) is 11.6. The molecule has 0 saturated carbocycles. The highest BCUT2D eigenvalue weighted by Crippen LogP contribution is 2.31. The van der Waals surface area contributed by atoms with E-state index < -0.39 is 42.2 Å². The van der Waals surface area contributed by atoms with E-state index in [9.17, 15) is 9.90 Å². The van der Waals surface area contributed by atoms with Gasteiger partial charge in [0.2, 0.25) is 0 Å². The number of hydrogen-bond acceptors (Lipinski definition) is 6. The van der Waals surface area contributed by atoms with Crippen LogP contribution < -0.4 is 0 Å². The molecule has 3 aromatic rings. The van der Waals surface area contributed by atoms with Gasteiger partial charge in [-0.15, -0.1) is 6.58 Å². The third kappa shape index (κ3) is 9.00. The Balaban J connectivity index is 1.73. The minimum atomic E-state index is -1.07. The molecule has 0 aromatic heterocycles. The van der Waals surface area contributed by atoms with Crippen molar-refractivity contribution >= 4 is 6.09 Å². The predicted octanol–water partition coefficient (Wildman–Crippen LogP) is 6.30. The molecule has 0 radical (unpaired) electrons. The van der Waals surface area contributed by atoms with Crippen molar-refractivity contribution in [2.24, 2.45) is 0 Å². The van der Waals surface area contributed by atoms with E-state index in [1.54, 1.807) is 11.0 Å². The highest BCUT2D eigenvalue weighted by Gasteiger charge is 2.48. The Labute approximate surface area is 249 Å². The number of nitrogens with zero attached hydrogens (tertiary/aromatic N) is 1. The lowest BCUT2D eigenvalue weighted by atomic mass is 9.97. The zero-order chi connectivity index (χ0) is 30.0. The predicted molar refractivity (Wildman–Crippen MR) is 163 cm³/mol. The normalized spacial score (nSPS) is 22.8. The van der Waals surface area contributed by atoms with Gasteiger partial charge in [0, 0.05) is 0 Å². The summed E-state index contributed by atoms with van der Waals surface area (Å²) in [5, 5.41) is 11.7. The molecule has 0 unspecified atom stereocenters. The molecular formula is C35H43NO6. The summed E-state index contributed by atoms with van der Waals surface area (Å²) in [7, 11) is 0. The average Bonchev–Trinajstić information content (AvgIpc) is 3.08. The van der Waals surface area contributed by atoms with Crippen LogP contribution in [0.1, 0.15) is 43.9 Å². The summed E-state index contributed by atoms with van der Waals surface area (Å²) in [4.78, 5) is 15.2. The van der Waals surface area contributed by atoms with Gasteiger partial charge in [0.25, 0.3) is 0 Å². The highest BCUT2D eigenvalue weighted by atomic mass is 16.6. The molecule has 7 heteroatoms. The summed E-state index contributed by atoms with van der Waals surface area (Å²) in [6, 6.07) is 28.9. The number of aliphatic hydroxyl groups excluding tert-OH is 1. The van der Waals surface area contributed by atoms with Gasteiger partial charge in [-0.25, -0.2) is 4.79 Å². The van der Waals surface area contributed by atoms with Gasteiger partial charge in [0.15, 0.2) is 0 Å². The minimum Gasteiger partial charge on any atom is -0.444 e. The summed E-state index contributed by atoms with van der Waals surface area (Å²) in [5.41, 5.74) is 2.19. The first-order valence-corrected chi connectivity index (χ1v) is 14.5. The Kier molecular flexibility index (Phi) is 11.3. The lowest BCUT2D eigenvalue weighted by Gasteiger charge is -2.38. The Morgan fingerprint density at radius 2 is 1.21 bits per heavy atom. The van der Waals surface area contributed by atoms with Crippen LogP contribution in [0.5, 0.6) is 0 Å². The molecule has 5 atom stereocenters. The van der Waals surface area contributed by atoms with Crippen molar-refractivity contribution in [3.8, 4) is 0 Å². The monoisotopic (exact) mass is 573 g/mol. The lowest BCUT2D eigenvalue weighted by Crippen LogP contribution is -2.53. The summed E-state index contributed by atoms with van der Waals surface area (Å²) in [6.07, 6.45) is -1.63. The van der Waals surface area contributed by atoms with E-state index in [4.69, 9.17) is 18.9 Å². The molecule has 42 heavy (non-hydrogen) atoms. The number of benzene rings is 3. The number of β-amino-alcohol motifs (C(OH)–C–C–N with tert-alkyl or cyclic N) is 1. The van der Waals surface area contributed by atoms with Gasteiger partial charge >= 0.3 is 6.09 Å². The van der Waals surface area contributed by atoms with Gasteiger partial charge in [0.05, 0.1) is 32.4 Å². The van der Waals surface area contributed by atoms with Crippen molar-refractivity contribution in [1.82, 2.24) is 4.90 Å². The third-order valence-corrected chi connectivity index (χ3v) is 7.08. The molecule has 1 saturated heterocycles. The van der Waals surface area contributed by atoms with Crippen LogP contribution in [0.25, 0.3) is 0 Å². The number of carbonyl (C=O) groups is 1. The molecule has 1 aliphatic rings. The van der Waals surface area contributed by atoms with Gasteiger partial charge in [0.1, 0.15) is 30.0 Å².